The SMILES string of the molecule is [B][C@@H]1C(=C)[C@H](CO)[C@@H](O)[C@@]1(C)O.[B][C@@H]1O[C@H](CO)[C@](C)(O)[C@H]1O.[B][C@@H]1O[C@](F)(CO)[C@@H](O)[C@H]1O. The van der Waals surface area contributed by atoms with Gasteiger partial charge in [0.2, 0.25) is 0 Å². The monoisotopic (exact) mass is 488 g/mol. The highest BCUT2D eigenvalue weighted by molar-refractivity contribution is 6.15. The van der Waals surface area contributed by atoms with E-state index in [0.29, 0.717) is 5.57 Å². The lowest BCUT2D eigenvalue weighted by Crippen LogP contribution is -2.46. The molecule has 3 rings (SSSR count). The standard InChI is InChI=1S/C8H13BO3.C6H11BO4.C5H8BFO4/c1-4-5(3-10)7(11)8(2,12)6(4)9;1-6(10)3(2-8)11-5(7)4(6)9;6-4-2(9)3(10)5(7,1-8)11-4/h5-7,10-12H,1,3H2,2H3;3-5,8-10H,2H2,1H3;2-4,8-10H,1H2/t5-,6+,7+,8-;3-,4+,5-,6+;2-,3+,4-,5-/m011/s1. The molecular formula is C19H32B3FO11. The van der Waals surface area contributed by atoms with E-state index in [2.05, 4.69) is 11.3 Å². The van der Waals surface area contributed by atoms with Crippen molar-refractivity contribution >= 4 is 23.5 Å². The minimum absolute atomic E-state index is 0.232. The lowest BCUT2D eigenvalue weighted by molar-refractivity contribution is -0.186. The summed E-state index contributed by atoms with van der Waals surface area (Å²) in [6.07, 6.45) is -6.24. The molecule has 9 N–H and O–H groups in total. The van der Waals surface area contributed by atoms with Crippen LogP contribution in [0.5, 0.6) is 0 Å². The van der Waals surface area contributed by atoms with Crippen molar-refractivity contribution in [2.45, 2.75) is 79.2 Å². The number of alkyl halides is 1. The maximum atomic E-state index is 13.0. The maximum Gasteiger partial charge on any atom is 0.260 e. The van der Waals surface area contributed by atoms with E-state index >= 15 is 0 Å². The van der Waals surface area contributed by atoms with Crippen LogP contribution in [0, 0.1) is 5.92 Å². The lowest BCUT2D eigenvalue weighted by atomic mass is 9.74. The zero-order valence-electron chi connectivity index (χ0n) is 19.0. The quantitative estimate of drug-likeness (QED) is 0.136. The summed E-state index contributed by atoms with van der Waals surface area (Å²) >= 11 is 0. The first-order valence-electron chi connectivity index (χ1n) is 10.4. The summed E-state index contributed by atoms with van der Waals surface area (Å²) in [5.41, 5.74) is -2.31. The Hall–Kier alpha value is -0.575. The third-order valence-corrected chi connectivity index (χ3v) is 6.38. The lowest BCUT2D eigenvalue weighted by Gasteiger charge is -2.26. The van der Waals surface area contributed by atoms with Crippen LogP contribution in [0.4, 0.5) is 4.39 Å². The topological polar surface area (TPSA) is 201 Å². The minimum atomic E-state index is -2.63. The second kappa shape index (κ2) is 11.7. The Bertz CT molecular complexity index is 685. The average molecular weight is 488 g/mol. The van der Waals surface area contributed by atoms with Crippen molar-refractivity contribution in [3.8, 4) is 0 Å². The Labute approximate surface area is 201 Å². The van der Waals surface area contributed by atoms with Crippen LogP contribution in [0.15, 0.2) is 12.2 Å². The molecule has 0 bridgehead atoms. The van der Waals surface area contributed by atoms with Gasteiger partial charge in [0.05, 0.1) is 32.8 Å². The zero-order chi connectivity index (χ0) is 26.8. The summed E-state index contributed by atoms with van der Waals surface area (Å²) in [4.78, 5) is 0. The Morgan fingerprint density at radius 3 is 1.59 bits per heavy atom. The first-order valence-corrected chi connectivity index (χ1v) is 10.4. The third-order valence-electron chi connectivity index (χ3n) is 6.38. The second-order valence-electron chi connectivity index (χ2n) is 8.92. The van der Waals surface area contributed by atoms with Gasteiger partial charge in [0.25, 0.3) is 5.85 Å². The summed E-state index contributed by atoms with van der Waals surface area (Å²) in [6.45, 7) is 4.85. The highest BCUT2D eigenvalue weighted by atomic mass is 19.2. The van der Waals surface area contributed by atoms with Crippen molar-refractivity contribution in [2.75, 3.05) is 19.8 Å². The number of rotatable bonds is 3. The molecule has 190 valence electrons. The van der Waals surface area contributed by atoms with Crippen LogP contribution in [-0.2, 0) is 9.47 Å². The van der Waals surface area contributed by atoms with Crippen LogP contribution in [0.25, 0.3) is 0 Å². The number of aliphatic hydroxyl groups excluding tert-OH is 7. The van der Waals surface area contributed by atoms with Gasteiger partial charge in [0.1, 0.15) is 52.3 Å². The molecule has 2 heterocycles. The van der Waals surface area contributed by atoms with Gasteiger partial charge in [-0.3, -0.25) is 0 Å². The average Bonchev–Trinajstić information content (AvgIpc) is 3.18. The summed E-state index contributed by atoms with van der Waals surface area (Å²) in [5, 5.41) is 81.6. The zero-order valence-corrected chi connectivity index (χ0v) is 19.0. The molecule has 2 aliphatic heterocycles. The number of hydrogen-bond donors (Lipinski definition) is 9. The van der Waals surface area contributed by atoms with Crippen LogP contribution in [0.1, 0.15) is 13.8 Å². The molecule has 0 amide bonds. The predicted octanol–water partition coefficient (Wildman–Crippen LogP) is -4.89. The number of halogens is 1. The summed E-state index contributed by atoms with van der Waals surface area (Å²) in [5.74, 6) is -3.79. The fourth-order valence-corrected chi connectivity index (χ4v) is 3.70. The van der Waals surface area contributed by atoms with Crippen molar-refractivity contribution in [1.29, 1.82) is 0 Å². The predicted molar refractivity (Wildman–Crippen MR) is 118 cm³/mol. The largest absolute Gasteiger partial charge is 0.396 e. The van der Waals surface area contributed by atoms with E-state index in [1.807, 2.05) is 0 Å². The molecule has 1 aliphatic carbocycles. The van der Waals surface area contributed by atoms with Gasteiger partial charge < -0.3 is 55.4 Å². The van der Waals surface area contributed by atoms with E-state index in [1.54, 1.807) is 0 Å². The Kier molecular flexibility index (Phi) is 10.8. The van der Waals surface area contributed by atoms with Crippen molar-refractivity contribution in [3.05, 3.63) is 12.2 Å². The Balaban J connectivity index is 0.000000255. The Morgan fingerprint density at radius 2 is 1.41 bits per heavy atom. The van der Waals surface area contributed by atoms with Crippen molar-refractivity contribution in [2.24, 2.45) is 5.92 Å². The van der Waals surface area contributed by atoms with Gasteiger partial charge >= 0.3 is 0 Å². The van der Waals surface area contributed by atoms with Crippen molar-refractivity contribution < 1.29 is 59.8 Å². The normalized spacial score (nSPS) is 50.4. The molecule has 0 aromatic carbocycles. The molecule has 3 fully saturated rings. The fourth-order valence-electron chi connectivity index (χ4n) is 3.70. The van der Waals surface area contributed by atoms with E-state index in [9.17, 15) is 24.8 Å². The molecular weight excluding hydrogens is 456 g/mol. The molecule has 15 heteroatoms. The van der Waals surface area contributed by atoms with Gasteiger partial charge in [-0.1, -0.05) is 12.2 Å². The van der Waals surface area contributed by atoms with E-state index in [-0.39, 0.29) is 13.2 Å². The maximum absolute atomic E-state index is 13.0. The first-order chi connectivity index (χ1) is 15.4. The van der Waals surface area contributed by atoms with Crippen molar-refractivity contribution in [3.63, 3.8) is 0 Å². The number of aliphatic hydroxyl groups is 9. The molecule has 6 radical (unpaired) electrons. The van der Waals surface area contributed by atoms with E-state index in [4.69, 9.17) is 53.8 Å². The summed E-state index contributed by atoms with van der Waals surface area (Å²) in [7, 11) is 15.9. The Morgan fingerprint density at radius 1 is 0.882 bits per heavy atom. The van der Waals surface area contributed by atoms with Crippen LogP contribution in [-0.4, -0.2) is 149 Å². The number of hydrogen-bond acceptors (Lipinski definition) is 11. The van der Waals surface area contributed by atoms with E-state index < -0.39 is 77.9 Å². The summed E-state index contributed by atoms with van der Waals surface area (Å²) < 4.78 is 22.1. The molecule has 1 saturated carbocycles. The summed E-state index contributed by atoms with van der Waals surface area (Å²) in [6, 6.07) is -2.20. The highest BCUT2D eigenvalue weighted by Gasteiger charge is 2.53. The molecule has 11 nitrogen and oxygen atoms in total. The van der Waals surface area contributed by atoms with Crippen molar-refractivity contribution in [1.82, 2.24) is 0 Å². The van der Waals surface area contributed by atoms with E-state index in [1.165, 1.54) is 13.8 Å². The minimum Gasteiger partial charge on any atom is -0.396 e. The molecule has 34 heavy (non-hydrogen) atoms. The molecule has 0 unspecified atom stereocenters. The van der Waals surface area contributed by atoms with Gasteiger partial charge in [0, 0.05) is 17.9 Å². The van der Waals surface area contributed by atoms with Gasteiger partial charge in [-0.15, -0.1) is 0 Å². The van der Waals surface area contributed by atoms with Crippen LogP contribution >= 0.6 is 0 Å². The molecule has 0 spiro atoms. The van der Waals surface area contributed by atoms with Gasteiger partial charge in [-0.05, 0) is 19.7 Å². The van der Waals surface area contributed by atoms with Crippen LogP contribution < -0.4 is 0 Å². The van der Waals surface area contributed by atoms with E-state index in [0.717, 1.165) is 0 Å². The first kappa shape index (κ1) is 31.5. The number of ether oxygens (including phenoxy) is 2. The van der Waals surface area contributed by atoms with Gasteiger partial charge in [0.15, 0.2) is 0 Å². The van der Waals surface area contributed by atoms with Gasteiger partial charge in [-0.2, -0.15) is 0 Å². The van der Waals surface area contributed by atoms with Crippen LogP contribution in [0.2, 0.25) is 5.82 Å². The van der Waals surface area contributed by atoms with Crippen LogP contribution in [0.3, 0.4) is 0 Å². The molecule has 12 atom stereocenters. The third kappa shape index (κ3) is 6.04. The fraction of sp³-hybridized carbons (Fsp3) is 0.895. The highest BCUT2D eigenvalue weighted by Crippen LogP contribution is 2.45. The molecule has 0 aromatic rings. The molecule has 2 saturated heterocycles. The van der Waals surface area contributed by atoms with Gasteiger partial charge in [-0.25, -0.2) is 4.39 Å². The molecule has 0 aromatic heterocycles. The smallest absolute Gasteiger partial charge is 0.260 e. The molecule has 3 aliphatic rings. The second-order valence-corrected chi connectivity index (χ2v) is 8.92.